The monoisotopic (exact) mass is 416 g/mol. The normalized spacial score (nSPS) is 27.0. The number of rotatable bonds is 7. The number of hydrogen-bond donors (Lipinski definition) is 3. The lowest BCUT2D eigenvalue weighted by Gasteiger charge is -2.34. The zero-order valence-corrected chi connectivity index (χ0v) is 17.0. The molecule has 9 heteroatoms. The van der Waals surface area contributed by atoms with E-state index in [9.17, 15) is 13.6 Å². The van der Waals surface area contributed by atoms with Gasteiger partial charge in [-0.15, -0.1) is 0 Å². The molecule has 1 saturated heterocycles. The van der Waals surface area contributed by atoms with Crippen LogP contribution in [0, 0.1) is 11.3 Å². The van der Waals surface area contributed by atoms with Gasteiger partial charge < -0.3 is 20.9 Å². The number of allylic oxidation sites excluding steroid dienone is 1. The molecule has 1 aliphatic carbocycles. The van der Waals surface area contributed by atoms with Crippen LogP contribution < -0.4 is 10.6 Å². The lowest BCUT2D eigenvalue weighted by molar-refractivity contribution is -0.137. The van der Waals surface area contributed by atoms with Gasteiger partial charge in [-0.25, -0.2) is 18.7 Å². The van der Waals surface area contributed by atoms with Crippen LogP contribution in [0.1, 0.15) is 45.2 Å². The summed E-state index contributed by atoms with van der Waals surface area (Å²) in [5, 5.41) is 13.7. The predicted octanol–water partition coefficient (Wildman–Crippen LogP) is 3.18. The Morgan fingerprint density at radius 3 is 2.80 bits per heavy atom. The summed E-state index contributed by atoms with van der Waals surface area (Å²) in [5.41, 5.74) is 2.27. The molecule has 1 saturated carbocycles. The van der Waals surface area contributed by atoms with Gasteiger partial charge in [0.05, 0.1) is 17.4 Å². The van der Waals surface area contributed by atoms with Crippen LogP contribution in [-0.2, 0) is 4.79 Å². The zero-order valence-electron chi connectivity index (χ0n) is 17.0. The first kappa shape index (κ1) is 20.4. The lowest BCUT2D eigenvalue weighted by atomic mass is 9.98. The van der Waals surface area contributed by atoms with Crippen molar-refractivity contribution in [1.29, 1.82) is 5.41 Å². The van der Waals surface area contributed by atoms with E-state index in [-0.39, 0.29) is 24.5 Å². The summed E-state index contributed by atoms with van der Waals surface area (Å²) >= 11 is 0. The first-order chi connectivity index (χ1) is 14.3. The number of alkyl halides is 2. The summed E-state index contributed by atoms with van der Waals surface area (Å²) in [6.07, 6.45) is 8.39. The molecule has 160 valence electrons. The summed E-state index contributed by atoms with van der Waals surface area (Å²) in [5.74, 6) is -4.02. The number of aromatic nitrogens is 2. The largest absolute Gasteiger partial charge is 0.387 e. The van der Waals surface area contributed by atoms with Crippen LogP contribution in [0.5, 0.6) is 0 Å². The summed E-state index contributed by atoms with van der Waals surface area (Å²) in [6.45, 7) is 3.99. The van der Waals surface area contributed by atoms with Crippen molar-refractivity contribution in [3.8, 4) is 0 Å². The summed E-state index contributed by atoms with van der Waals surface area (Å²) in [4.78, 5) is 23.0. The first-order valence-corrected chi connectivity index (χ1v) is 10.3. The third-order valence-corrected chi connectivity index (χ3v) is 5.74. The Kier molecular flexibility index (Phi) is 5.29. The Morgan fingerprint density at radius 1 is 1.40 bits per heavy atom. The molecule has 3 aliphatic rings. The molecule has 2 bridgehead atoms. The van der Waals surface area contributed by atoms with Crippen molar-refractivity contribution >= 4 is 23.6 Å². The first-order valence-electron chi connectivity index (χ1n) is 10.3. The summed E-state index contributed by atoms with van der Waals surface area (Å²) in [6, 6.07) is 1.83. The Bertz CT molecular complexity index is 913. The van der Waals surface area contributed by atoms with E-state index in [1.807, 2.05) is 26.0 Å². The molecule has 2 fully saturated rings. The van der Waals surface area contributed by atoms with E-state index >= 15 is 0 Å². The van der Waals surface area contributed by atoms with E-state index in [2.05, 4.69) is 20.6 Å². The quantitative estimate of drug-likeness (QED) is 0.594. The highest BCUT2D eigenvalue weighted by molar-refractivity contribution is 5.85. The number of hydrogen-bond acceptors (Lipinski definition) is 6. The van der Waals surface area contributed by atoms with E-state index < -0.39 is 17.7 Å². The minimum atomic E-state index is -2.84. The third-order valence-electron chi connectivity index (χ3n) is 5.74. The average molecular weight is 416 g/mol. The maximum atomic E-state index is 13.4. The molecule has 30 heavy (non-hydrogen) atoms. The SMILES string of the molecule is CC(C)N/C=C(\C=N)Nc1nccc(C2=CC3CCC(C2)N3C(=O)C2CC2(F)F)n1. The second-order valence-electron chi connectivity index (χ2n) is 8.41. The summed E-state index contributed by atoms with van der Waals surface area (Å²) in [7, 11) is 0. The summed E-state index contributed by atoms with van der Waals surface area (Å²) < 4.78 is 26.8. The van der Waals surface area contributed by atoms with Crippen LogP contribution in [0.2, 0.25) is 0 Å². The molecule has 2 aliphatic heterocycles. The van der Waals surface area contributed by atoms with Gasteiger partial charge in [-0.1, -0.05) is 6.08 Å². The molecule has 3 atom stereocenters. The second-order valence-corrected chi connectivity index (χ2v) is 8.41. The fourth-order valence-corrected chi connectivity index (χ4v) is 4.12. The molecule has 3 heterocycles. The smallest absolute Gasteiger partial charge is 0.260 e. The number of halogens is 2. The van der Waals surface area contributed by atoms with Crippen molar-refractivity contribution in [3.05, 3.63) is 35.9 Å². The van der Waals surface area contributed by atoms with E-state index in [0.29, 0.717) is 18.1 Å². The maximum absolute atomic E-state index is 13.4. The number of anilines is 1. The molecule has 1 amide bonds. The molecule has 1 aromatic heterocycles. The van der Waals surface area contributed by atoms with Crippen molar-refractivity contribution in [2.24, 2.45) is 5.92 Å². The number of carbonyl (C=O) groups excluding carboxylic acids is 1. The highest BCUT2D eigenvalue weighted by Gasteiger charge is 2.63. The number of nitrogens with one attached hydrogen (secondary N) is 3. The zero-order chi connectivity index (χ0) is 21.5. The van der Waals surface area contributed by atoms with Crippen LogP contribution >= 0.6 is 0 Å². The van der Waals surface area contributed by atoms with Gasteiger partial charge in [0, 0.05) is 37.1 Å². The molecule has 3 N–H and O–H groups in total. The minimum Gasteiger partial charge on any atom is -0.387 e. The third kappa shape index (κ3) is 4.06. The van der Waals surface area contributed by atoms with Gasteiger partial charge in [-0.2, -0.15) is 0 Å². The van der Waals surface area contributed by atoms with Crippen LogP contribution in [0.3, 0.4) is 0 Å². The van der Waals surface area contributed by atoms with Crippen molar-refractivity contribution in [2.45, 2.75) is 63.6 Å². The highest BCUT2D eigenvalue weighted by atomic mass is 19.3. The lowest BCUT2D eigenvalue weighted by Crippen LogP contribution is -2.44. The van der Waals surface area contributed by atoms with Gasteiger partial charge >= 0.3 is 0 Å². The van der Waals surface area contributed by atoms with Crippen LogP contribution in [-0.4, -0.2) is 51.0 Å². The Labute approximate surface area is 174 Å². The number of nitrogens with zero attached hydrogens (tertiary/aromatic N) is 3. The van der Waals surface area contributed by atoms with Crippen LogP contribution in [0.15, 0.2) is 30.2 Å². The standard InChI is InChI=1S/C21H26F2N6O/c1-12(2)26-11-14(10-24)27-20-25-6-5-18(28-20)13-7-15-3-4-16(8-13)29(15)19(30)17-9-21(17,22)23/h5-7,10-12,15-17,24,26H,3-4,8-9H2,1-2H3,(H,25,27,28)/b14-11+,24-10?. The van der Waals surface area contributed by atoms with Gasteiger partial charge in [-0.05, 0) is 44.7 Å². The van der Waals surface area contributed by atoms with Crippen LogP contribution in [0.25, 0.3) is 5.57 Å². The van der Waals surface area contributed by atoms with Crippen molar-refractivity contribution in [2.75, 3.05) is 5.32 Å². The van der Waals surface area contributed by atoms with Gasteiger partial charge in [-0.3, -0.25) is 4.79 Å². The molecule has 0 aromatic carbocycles. The molecule has 4 rings (SSSR count). The number of amides is 1. The molecule has 7 nitrogen and oxygen atoms in total. The van der Waals surface area contributed by atoms with Gasteiger partial charge in [0.1, 0.15) is 5.92 Å². The van der Waals surface area contributed by atoms with Gasteiger partial charge in [0.25, 0.3) is 5.92 Å². The molecular weight excluding hydrogens is 390 g/mol. The Morgan fingerprint density at radius 2 is 2.17 bits per heavy atom. The van der Waals surface area contributed by atoms with Crippen molar-refractivity contribution < 1.29 is 13.6 Å². The molecular formula is C21H26F2N6O. The predicted molar refractivity (Wildman–Crippen MR) is 110 cm³/mol. The van der Waals surface area contributed by atoms with E-state index in [1.165, 1.54) is 6.21 Å². The topological polar surface area (TPSA) is 94.0 Å². The van der Waals surface area contributed by atoms with E-state index in [0.717, 1.165) is 24.1 Å². The van der Waals surface area contributed by atoms with Crippen molar-refractivity contribution in [1.82, 2.24) is 20.2 Å². The average Bonchev–Trinajstić information content (AvgIpc) is 3.28. The fraction of sp³-hybridized carbons (Fsp3) is 0.524. The molecule has 0 radical (unpaired) electrons. The van der Waals surface area contributed by atoms with Gasteiger partial charge in [0.2, 0.25) is 11.9 Å². The Balaban J connectivity index is 1.50. The van der Waals surface area contributed by atoms with Crippen LogP contribution in [0.4, 0.5) is 14.7 Å². The number of carbonyl (C=O) groups is 1. The molecule has 3 unspecified atom stereocenters. The maximum Gasteiger partial charge on any atom is 0.260 e. The Hall–Kier alpha value is -2.84. The number of fused-ring (bicyclic) bond motifs is 2. The fourth-order valence-electron chi connectivity index (χ4n) is 4.12. The molecule has 1 aromatic rings. The van der Waals surface area contributed by atoms with E-state index in [4.69, 9.17) is 5.41 Å². The second kappa shape index (κ2) is 7.77. The van der Waals surface area contributed by atoms with E-state index in [1.54, 1.807) is 17.3 Å². The molecule has 0 spiro atoms. The van der Waals surface area contributed by atoms with Gasteiger partial charge in [0.15, 0.2) is 0 Å². The highest BCUT2D eigenvalue weighted by Crippen LogP contribution is 2.51. The van der Waals surface area contributed by atoms with Crippen molar-refractivity contribution in [3.63, 3.8) is 0 Å². The minimum absolute atomic E-state index is 0.0578.